The second-order valence-corrected chi connectivity index (χ2v) is 3.43. The van der Waals surface area contributed by atoms with Gasteiger partial charge in [-0.2, -0.15) is 0 Å². The third-order valence-corrected chi connectivity index (χ3v) is 2.39. The van der Waals surface area contributed by atoms with Gasteiger partial charge in [-0.3, -0.25) is 4.98 Å². The van der Waals surface area contributed by atoms with Crippen LogP contribution in [0.3, 0.4) is 0 Å². The molecule has 0 fully saturated rings. The van der Waals surface area contributed by atoms with Crippen LogP contribution in [0.25, 0.3) is 0 Å². The fourth-order valence-corrected chi connectivity index (χ4v) is 1.59. The Kier molecular flexibility index (Phi) is 2.52. The van der Waals surface area contributed by atoms with Crippen LogP contribution >= 0.6 is 11.8 Å². The lowest BCUT2D eigenvalue weighted by Crippen LogP contribution is -1.80. The lowest BCUT2D eigenvalue weighted by molar-refractivity contribution is 1.05. The average Bonchev–Trinajstić information content (AvgIpc) is 2.21. The van der Waals surface area contributed by atoms with Gasteiger partial charge < -0.3 is 0 Å². The molecule has 0 aliphatic heterocycles. The number of aromatic nitrogens is 3. The molecule has 3 nitrogen and oxygen atoms in total. The number of hydrogen-bond donors (Lipinski definition) is 0. The highest BCUT2D eigenvalue weighted by molar-refractivity contribution is 7.99. The summed E-state index contributed by atoms with van der Waals surface area (Å²) >= 11 is 1.60. The number of pyridine rings is 1. The highest BCUT2D eigenvalue weighted by Crippen LogP contribution is 2.23. The van der Waals surface area contributed by atoms with Gasteiger partial charge in [-0.1, -0.05) is 11.8 Å². The molecule has 64 valence electrons. The Morgan fingerprint density at radius 1 is 0.923 bits per heavy atom. The summed E-state index contributed by atoms with van der Waals surface area (Å²) in [6.07, 6.45) is 6.81. The maximum atomic E-state index is 4.11. The molecule has 0 aliphatic rings. The Balaban J connectivity index is 2.16. The van der Waals surface area contributed by atoms with Gasteiger partial charge in [-0.15, -0.1) is 0 Å². The lowest BCUT2D eigenvalue weighted by atomic mass is 10.5. The number of nitrogens with zero attached hydrogens (tertiary/aromatic N) is 3. The molecule has 13 heavy (non-hydrogen) atoms. The zero-order valence-electron chi connectivity index (χ0n) is 6.79. The molecular formula is C9H7N3S. The van der Waals surface area contributed by atoms with E-state index in [1.165, 1.54) is 0 Å². The van der Waals surface area contributed by atoms with Crippen molar-refractivity contribution in [2.45, 2.75) is 9.92 Å². The van der Waals surface area contributed by atoms with Crippen molar-refractivity contribution in [1.82, 2.24) is 15.0 Å². The summed E-state index contributed by atoms with van der Waals surface area (Å²) in [5, 5.41) is 0.946. The fourth-order valence-electron chi connectivity index (χ4n) is 0.866. The van der Waals surface area contributed by atoms with E-state index in [9.17, 15) is 0 Å². The molecule has 0 saturated heterocycles. The van der Waals surface area contributed by atoms with Crippen LogP contribution in [-0.4, -0.2) is 15.0 Å². The van der Waals surface area contributed by atoms with Crippen LogP contribution in [0.4, 0.5) is 0 Å². The van der Waals surface area contributed by atoms with Crippen molar-refractivity contribution in [2.75, 3.05) is 0 Å². The first-order valence-corrected chi connectivity index (χ1v) is 4.61. The van der Waals surface area contributed by atoms with E-state index in [0.29, 0.717) is 0 Å². The van der Waals surface area contributed by atoms with Crippen molar-refractivity contribution in [3.05, 3.63) is 43.1 Å². The molecule has 0 atom stereocenters. The maximum Gasteiger partial charge on any atom is 0.116 e. The molecule has 0 radical (unpaired) electrons. The van der Waals surface area contributed by atoms with Crippen LogP contribution in [0.2, 0.25) is 0 Å². The largest absolute Gasteiger partial charge is 0.265 e. The van der Waals surface area contributed by atoms with Crippen molar-refractivity contribution >= 4 is 11.8 Å². The normalized spacial score (nSPS) is 9.85. The van der Waals surface area contributed by atoms with E-state index in [4.69, 9.17) is 0 Å². The Morgan fingerprint density at radius 3 is 2.38 bits per heavy atom. The van der Waals surface area contributed by atoms with Crippen molar-refractivity contribution in [2.24, 2.45) is 0 Å². The summed E-state index contributed by atoms with van der Waals surface area (Å²) < 4.78 is 0. The number of hydrogen-bond acceptors (Lipinski definition) is 4. The smallest absolute Gasteiger partial charge is 0.116 e. The van der Waals surface area contributed by atoms with Crippen molar-refractivity contribution in [1.29, 1.82) is 0 Å². The van der Waals surface area contributed by atoms with E-state index in [1.54, 1.807) is 36.7 Å². The molecule has 0 unspecified atom stereocenters. The third kappa shape index (κ3) is 2.26. The summed E-state index contributed by atoms with van der Waals surface area (Å²) in [5.74, 6) is 0. The van der Waals surface area contributed by atoms with Gasteiger partial charge >= 0.3 is 0 Å². The first-order valence-electron chi connectivity index (χ1n) is 3.79. The van der Waals surface area contributed by atoms with E-state index < -0.39 is 0 Å². The second-order valence-electron chi connectivity index (χ2n) is 2.33. The predicted octanol–water partition coefficient (Wildman–Crippen LogP) is 2.02. The lowest BCUT2D eigenvalue weighted by Gasteiger charge is -1.97. The van der Waals surface area contributed by atoms with Crippen LogP contribution in [0.15, 0.2) is 53.0 Å². The SMILES string of the molecule is c1cc(Sc2ccncn2)ccn1. The molecule has 2 rings (SSSR count). The van der Waals surface area contributed by atoms with Crippen LogP contribution < -0.4 is 0 Å². The summed E-state index contributed by atoms with van der Waals surface area (Å²) in [5.41, 5.74) is 0. The highest BCUT2D eigenvalue weighted by Gasteiger charge is 1.95. The molecular weight excluding hydrogens is 182 g/mol. The van der Waals surface area contributed by atoms with E-state index in [1.807, 2.05) is 18.2 Å². The first kappa shape index (κ1) is 8.19. The minimum atomic E-state index is 0.946. The summed E-state index contributed by atoms with van der Waals surface area (Å²) in [7, 11) is 0. The van der Waals surface area contributed by atoms with Gasteiger partial charge in [0.25, 0.3) is 0 Å². The average molecular weight is 189 g/mol. The Labute approximate surface area is 80.3 Å². The standard InChI is InChI=1S/C9H7N3S/c1-4-10-5-2-8(1)13-9-3-6-11-7-12-9/h1-7H. The third-order valence-electron chi connectivity index (χ3n) is 1.43. The minimum absolute atomic E-state index is 0.946. The quantitative estimate of drug-likeness (QED) is 0.677. The Hall–Kier alpha value is -1.42. The molecule has 2 aromatic heterocycles. The topological polar surface area (TPSA) is 38.7 Å². The zero-order chi connectivity index (χ0) is 8.93. The molecule has 4 heteroatoms. The van der Waals surface area contributed by atoms with E-state index >= 15 is 0 Å². The van der Waals surface area contributed by atoms with Crippen LogP contribution in [0.5, 0.6) is 0 Å². The monoisotopic (exact) mass is 189 g/mol. The minimum Gasteiger partial charge on any atom is -0.265 e. The van der Waals surface area contributed by atoms with E-state index in [2.05, 4.69) is 15.0 Å². The molecule has 0 N–H and O–H groups in total. The van der Waals surface area contributed by atoms with Gasteiger partial charge in [-0.05, 0) is 18.2 Å². The van der Waals surface area contributed by atoms with Crippen LogP contribution in [-0.2, 0) is 0 Å². The van der Waals surface area contributed by atoms with Crippen molar-refractivity contribution in [3.8, 4) is 0 Å². The maximum absolute atomic E-state index is 4.11. The van der Waals surface area contributed by atoms with Gasteiger partial charge in [0.1, 0.15) is 11.4 Å². The molecule has 2 heterocycles. The molecule has 2 aromatic rings. The predicted molar refractivity (Wildman–Crippen MR) is 50.4 cm³/mol. The van der Waals surface area contributed by atoms with Gasteiger partial charge in [0.15, 0.2) is 0 Å². The first-order chi connectivity index (χ1) is 6.45. The molecule has 0 spiro atoms. The van der Waals surface area contributed by atoms with Crippen molar-refractivity contribution < 1.29 is 0 Å². The molecule has 0 aromatic carbocycles. The summed E-state index contributed by atoms with van der Waals surface area (Å²) in [6, 6.07) is 5.78. The molecule has 0 aliphatic carbocycles. The highest BCUT2D eigenvalue weighted by atomic mass is 32.2. The molecule has 0 bridgehead atoms. The zero-order valence-corrected chi connectivity index (χ0v) is 7.61. The molecule has 0 saturated carbocycles. The number of rotatable bonds is 2. The van der Waals surface area contributed by atoms with E-state index in [-0.39, 0.29) is 0 Å². The van der Waals surface area contributed by atoms with Crippen LogP contribution in [0.1, 0.15) is 0 Å². The second kappa shape index (κ2) is 4.00. The van der Waals surface area contributed by atoms with E-state index in [0.717, 1.165) is 9.92 Å². The van der Waals surface area contributed by atoms with Gasteiger partial charge in [-0.25, -0.2) is 9.97 Å². The van der Waals surface area contributed by atoms with Gasteiger partial charge in [0.2, 0.25) is 0 Å². The summed E-state index contributed by atoms with van der Waals surface area (Å²) in [4.78, 5) is 13.0. The fraction of sp³-hybridized carbons (Fsp3) is 0. The van der Waals surface area contributed by atoms with Crippen LogP contribution in [0, 0.1) is 0 Å². The Bertz CT molecular complexity index is 326. The van der Waals surface area contributed by atoms with Gasteiger partial charge in [0, 0.05) is 23.5 Å². The molecule has 0 amide bonds. The summed E-state index contributed by atoms with van der Waals surface area (Å²) in [6.45, 7) is 0. The Morgan fingerprint density at radius 2 is 1.69 bits per heavy atom. The van der Waals surface area contributed by atoms with Gasteiger partial charge in [0.05, 0.1) is 0 Å². The van der Waals surface area contributed by atoms with Crippen molar-refractivity contribution in [3.63, 3.8) is 0 Å².